The van der Waals surface area contributed by atoms with Gasteiger partial charge in [-0.2, -0.15) is 0 Å². The number of carbonyl (C=O) groups is 1. The third-order valence-corrected chi connectivity index (χ3v) is 2.48. The second-order valence-corrected chi connectivity index (χ2v) is 3.75. The average molecular weight is 247 g/mol. The zero-order chi connectivity index (χ0) is 13.1. The van der Waals surface area contributed by atoms with Crippen molar-refractivity contribution in [2.45, 2.75) is 6.10 Å². The van der Waals surface area contributed by atoms with E-state index in [0.29, 0.717) is 11.1 Å². The van der Waals surface area contributed by atoms with Crippen LogP contribution in [0.25, 0.3) is 11.1 Å². The van der Waals surface area contributed by atoms with Crippen LogP contribution in [0.5, 0.6) is 0 Å². The number of carboxylic acids is 1. The molecule has 0 bridgehead atoms. The van der Waals surface area contributed by atoms with E-state index in [4.69, 9.17) is 5.11 Å². The average Bonchev–Trinajstić information content (AvgIpc) is 2.38. The van der Waals surface area contributed by atoms with E-state index in [1.54, 1.807) is 24.5 Å². The molecule has 0 aliphatic carbocycles. The second-order valence-electron chi connectivity index (χ2n) is 3.75. The fourth-order valence-corrected chi connectivity index (χ4v) is 1.62. The summed E-state index contributed by atoms with van der Waals surface area (Å²) in [6, 6.07) is 7.06. The van der Waals surface area contributed by atoms with Crippen molar-refractivity contribution in [3.63, 3.8) is 0 Å². The van der Waals surface area contributed by atoms with Crippen LogP contribution < -0.4 is 0 Å². The number of pyridine rings is 1. The van der Waals surface area contributed by atoms with E-state index in [0.717, 1.165) is 6.07 Å². The summed E-state index contributed by atoms with van der Waals surface area (Å²) >= 11 is 0. The number of rotatable bonds is 3. The van der Waals surface area contributed by atoms with Gasteiger partial charge < -0.3 is 10.2 Å². The van der Waals surface area contributed by atoms with Crippen LogP contribution in [0, 0.1) is 5.82 Å². The summed E-state index contributed by atoms with van der Waals surface area (Å²) in [7, 11) is 0. The quantitative estimate of drug-likeness (QED) is 0.870. The summed E-state index contributed by atoms with van der Waals surface area (Å²) in [5, 5.41) is 18.1. The number of aromatic nitrogens is 1. The third kappa shape index (κ3) is 2.52. The Balaban J connectivity index is 2.48. The Morgan fingerprint density at radius 1 is 1.17 bits per heavy atom. The molecule has 0 fully saturated rings. The fourth-order valence-electron chi connectivity index (χ4n) is 1.62. The highest BCUT2D eigenvalue weighted by Gasteiger charge is 2.17. The van der Waals surface area contributed by atoms with Crippen LogP contribution in [0.3, 0.4) is 0 Å². The van der Waals surface area contributed by atoms with Crippen LogP contribution >= 0.6 is 0 Å². The Morgan fingerprint density at radius 2 is 1.83 bits per heavy atom. The smallest absolute Gasteiger partial charge is 0.337 e. The number of carboxylic acid groups (broad SMARTS) is 1. The third-order valence-electron chi connectivity index (χ3n) is 2.48. The molecule has 1 heterocycles. The number of hydrogen-bond acceptors (Lipinski definition) is 3. The summed E-state index contributed by atoms with van der Waals surface area (Å²) in [6.07, 6.45) is 1.36. The molecule has 1 aromatic carbocycles. The van der Waals surface area contributed by atoms with Gasteiger partial charge in [-0.15, -0.1) is 0 Å². The molecule has 2 N–H and O–H groups in total. The van der Waals surface area contributed by atoms with Gasteiger partial charge >= 0.3 is 5.97 Å². The molecule has 1 unspecified atom stereocenters. The molecule has 0 aliphatic rings. The Hall–Kier alpha value is -2.27. The second kappa shape index (κ2) is 4.93. The van der Waals surface area contributed by atoms with Crippen LogP contribution in [0.1, 0.15) is 11.7 Å². The number of benzene rings is 1. The van der Waals surface area contributed by atoms with E-state index in [-0.39, 0.29) is 5.56 Å². The molecule has 4 nitrogen and oxygen atoms in total. The summed E-state index contributed by atoms with van der Waals surface area (Å²) in [6.45, 7) is 0. The van der Waals surface area contributed by atoms with Gasteiger partial charge in [-0.3, -0.25) is 4.98 Å². The Morgan fingerprint density at radius 3 is 2.44 bits per heavy atom. The van der Waals surface area contributed by atoms with Crippen molar-refractivity contribution < 1.29 is 19.4 Å². The van der Waals surface area contributed by atoms with Crippen molar-refractivity contribution in [3.05, 3.63) is 54.1 Å². The first kappa shape index (κ1) is 12.2. The molecule has 2 rings (SSSR count). The van der Waals surface area contributed by atoms with Gasteiger partial charge in [0, 0.05) is 12.4 Å². The lowest BCUT2D eigenvalue weighted by Gasteiger charge is -2.09. The molecule has 0 aliphatic heterocycles. The minimum atomic E-state index is -1.73. The van der Waals surface area contributed by atoms with Crippen molar-refractivity contribution in [1.29, 1.82) is 0 Å². The summed E-state index contributed by atoms with van der Waals surface area (Å²) in [4.78, 5) is 14.5. The topological polar surface area (TPSA) is 70.4 Å². The van der Waals surface area contributed by atoms with Crippen molar-refractivity contribution in [2.24, 2.45) is 0 Å². The van der Waals surface area contributed by atoms with E-state index in [1.807, 2.05) is 0 Å². The van der Waals surface area contributed by atoms with Crippen LogP contribution in [-0.2, 0) is 4.79 Å². The molecule has 5 heteroatoms. The Bertz CT molecular complexity index is 572. The van der Waals surface area contributed by atoms with Crippen LogP contribution in [0.15, 0.2) is 42.7 Å². The first-order chi connectivity index (χ1) is 8.58. The van der Waals surface area contributed by atoms with E-state index in [9.17, 15) is 14.3 Å². The van der Waals surface area contributed by atoms with E-state index >= 15 is 0 Å². The molecule has 18 heavy (non-hydrogen) atoms. The molecular weight excluding hydrogens is 237 g/mol. The molecule has 1 atom stereocenters. The van der Waals surface area contributed by atoms with Crippen molar-refractivity contribution in [3.8, 4) is 11.1 Å². The number of halogens is 1. The van der Waals surface area contributed by atoms with Gasteiger partial charge in [0.15, 0.2) is 6.10 Å². The highest BCUT2D eigenvalue weighted by molar-refractivity contribution is 5.75. The van der Waals surface area contributed by atoms with Crippen LogP contribution in [0.4, 0.5) is 4.39 Å². The molecule has 92 valence electrons. The standard InChI is InChI=1S/C13H10FNO3/c14-11-6-9(8-1-3-15-4-2-8)5-10(7-11)12(16)13(17)18/h1-7,12,16H,(H,17,18). The van der Waals surface area contributed by atoms with Gasteiger partial charge in [-0.1, -0.05) is 0 Å². The lowest BCUT2D eigenvalue weighted by molar-refractivity contribution is -0.146. The molecule has 2 aromatic rings. The SMILES string of the molecule is O=C(O)C(O)c1cc(F)cc(-c2ccncc2)c1. The van der Waals surface area contributed by atoms with E-state index in [2.05, 4.69) is 4.98 Å². The maximum Gasteiger partial charge on any atom is 0.337 e. The lowest BCUT2D eigenvalue weighted by atomic mass is 10.0. The number of hydrogen-bond donors (Lipinski definition) is 2. The lowest BCUT2D eigenvalue weighted by Crippen LogP contribution is -2.10. The number of aliphatic carboxylic acids is 1. The number of aliphatic hydroxyl groups is 1. The monoisotopic (exact) mass is 247 g/mol. The van der Waals surface area contributed by atoms with Crippen molar-refractivity contribution in [2.75, 3.05) is 0 Å². The van der Waals surface area contributed by atoms with Crippen molar-refractivity contribution in [1.82, 2.24) is 4.98 Å². The summed E-state index contributed by atoms with van der Waals surface area (Å²) < 4.78 is 13.4. The van der Waals surface area contributed by atoms with Crippen LogP contribution in [0.2, 0.25) is 0 Å². The predicted octanol–water partition coefficient (Wildman–Crippen LogP) is 2.01. The molecule has 1 aromatic heterocycles. The molecule has 0 amide bonds. The molecule has 0 spiro atoms. The van der Waals surface area contributed by atoms with Crippen molar-refractivity contribution >= 4 is 5.97 Å². The fraction of sp³-hybridized carbons (Fsp3) is 0.0769. The number of aliphatic hydroxyl groups excluding tert-OH is 1. The highest BCUT2D eigenvalue weighted by Crippen LogP contribution is 2.24. The molecular formula is C13H10FNO3. The first-order valence-corrected chi connectivity index (χ1v) is 5.19. The maximum atomic E-state index is 13.4. The molecule has 0 saturated heterocycles. The van der Waals surface area contributed by atoms with Crippen LogP contribution in [-0.4, -0.2) is 21.2 Å². The van der Waals surface area contributed by atoms with E-state index in [1.165, 1.54) is 12.1 Å². The summed E-state index contributed by atoms with van der Waals surface area (Å²) in [5.74, 6) is -2.01. The molecule has 0 saturated carbocycles. The Kier molecular flexibility index (Phi) is 3.34. The van der Waals surface area contributed by atoms with Gasteiger partial charge in [0.1, 0.15) is 5.82 Å². The zero-order valence-corrected chi connectivity index (χ0v) is 9.25. The first-order valence-electron chi connectivity index (χ1n) is 5.19. The van der Waals surface area contributed by atoms with Gasteiger partial charge in [0.05, 0.1) is 0 Å². The zero-order valence-electron chi connectivity index (χ0n) is 9.25. The molecule has 0 radical (unpaired) electrons. The minimum Gasteiger partial charge on any atom is -0.479 e. The highest BCUT2D eigenvalue weighted by atomic mass is 19.1. The predicted molar refractivity (Wildman–Crippen MR) is 62.2 cm³/mol. The number of nitrogens with zero attached hydrogens (tertiary/aromatic N) is 1. The largest absolute Gasteiger partial charge is 0.479 e. The van der Waals surface area contributed by atoms with Gasteiger partial charge in [0.2, 0.25) is 0 Å². The normalized spacial score (nSPS) is 12.1. The maximum absolute atomic E-state index is 13.4. The van der Waals surface area contributed by atoms with Gasteiger partial charge in [-0.25, -0.2) is 9.18 Å². The van der Waals surface area contributed by atoms with E-state index < -0.39 is 17.9 Å². The van der Waals surface area contributed by atoms with Gasteiger partial charge in [0.25, 0.3) is 0 Å². The minimum absolute atomic E-state index is 0.00862. The van der Waals surface area contributed by atoms with Gasteiger partial charge in [-0.05, 0) is 47.0 Å². The Labute approximate surface area is 102 Å². The summed E-state index contributed by atoms with van der Waals surface area (Å²) in [5.41, 5.74) is 1.20.